The first-order valence-electron chi connectivity index (χ1n) is 10.9. The zero-order valence-electron chi connectivity index (χ0n) is 17.4. The Kier molecular flexibility index (Phi) is 6.82. The lowest BCUT2D eigenvalue weighted by Gasteiger charge is -2.29. The fourth-order valence-electron chi connectivity index (χ4n) is 4.12. The summed E-state index contributed by atoms with van der Waals surface area (Å²) in [5.74, 6) is -0.183. The van der Waals surface area contributed by atoms with Crippen molar-refractivity contribution in [3.8, 4) is 6.01 Å². The Labute approximate surface area is 183 Å². The predicted molar refractivity (Wildman–Crippen MR) is 115 cm³/mol. The number of carbonyl (C=O) groups is 1. The standard InChI is InChI=1S/C22H28N4O4S/c27-21(25-18-7-9-19(10-8-18)30-22-23-13-4-14-24-22)17-5-11-20(12-6-17)31(28,29)26-15-2-1-3-16-26/h4-6,11-14,18-19H,1-3,7-10,15-16H2,(H,25,27). The van der Waals surface area contributed by atoms with Crippen molar-refractivity contribution in [1.82, 2.24) is 19.6 Å². The summed E-state index contributed by atoms with van der Waals surface area (Å²) in [5, 5.41) is 3.06. The highest BCUT2D eigenvalue weighted by Gasteiger charge is 2.27. The largest absolute Gasteiger partial charge is 0.460 e. The second kappa shape index (κ2) is 9.74. The molecule has 0 atom stereocenters. The molecule has 9 heteroatoms. The number of ether oxygens (including phenoxy) is 1. The molecule has 2 aliphatic rings. The minimum atomic E-state index is -3.49. The van der Waals surface area contributed by atoms with E-state index >= 15 is 0 Å². The second-order valence-electron chi connectivity index (χ2n) is 8.09. The lowest BCUT2D eigenvalue weighted by Crippen LogP contribution is -2.39. The molecule has 1 saturated carbocycles. The quantitative estimate of drug-likeness (QED) is 0.735. The molecule has 1 aromatic carbocycles. The number of sulfonamides is 1. The summed E-state index contributed by atoms with van der Waals surface area (Å²) in [6, 6.07) is 8.44. The van der Waals surface area contributed by atoms with Crippen LogP contribution in [0.2, 0.25) is 0 Å². The number of nitrogens with one attached hydrogen (secondary N) is 1. The van der Waals surface area contributed by atoms with Crippen LogP contribution in [0.15, 0.2) is 47.6 Å². The van der Waals surface area contributed by atoms with Crippen molar-refractivity contribution < 1.29 is 17.9 Å². The summed E-state index contributed by atoms with van der Waals surface area (Å²) in [5.41, 5.74) is 0.466. The van der Waals surface area contributed by atoms with Gasteiger partial charge >= 0.3 is 6.01 Å². The number of hydrogen-bond acceptors (Lipinski definition) is 6. The van der Waals surface area contributed by atoms with E-state index in [1.54, 1.807) is 30.6 Å². The number of amides is 1. The molecular formula is C22H28N4O4S. The van der Waals surface area contributed by atoms with Gasteiger partial charge in [-0.2, -0.15) is 4.31 Å². The van der Waals surface area contributed by atoms with Crippen LogP contribution >= 0.6 is 0 Å². The first-order chi connectivity index (χ1) is 15.0. The van der Waals surface area contributed by atoms with Gasteiger partial charge < -0.3 is 10.1 Å². The van der Waals surface area contributed by atoms with Crippen LogP contribution in [0.5, 0.6) is 6.01 Å². The molecule has 0 unspecified atom stereocenters. The van der Waals surface area contributed by atoms with Crippen LogP contribution in [0.4, 0.5) is 0 Å². The minimum Gasteiger partial charge on any atom is -0.460 e. The van der Waals surface area contributed by atoms with Crippen molar-refractivity contribution in [3.05, 3.63) is 48.3 Å². The molecule has 1 aliphatic carbocycles. The number of carbonyl (C=O) groups excluding carboxylic acids is 1. The maximum Gasteiger partial charge on any atom is 0.316 e. The molecule has 1 aromatic heterocycles. The van der Waals surface area contributed by atoms with Gasteiger partial charge in [0.25, 0.3) is 5.91 Å². The Bertz CT molecular complexity index is 968. The molecule has 0 bridgehead atoms. The van der Waals surface area contributed by atoms with E-state index in [4.69, 9.17) is 4.74 Å². The average molecular weight is 445 g/mol. The van der Waals surface area contributed by atoms with Gasteiger partial charge in [-0.1, -0.05) is 6.42 Å². The zero-order chi connectivity index (χ0) is 21.7. The number of hydrogen-bond donors (Lipinski definition) is 1. The third kappa shape index (κ3) is 5.40. The molecule has 31 heavy (non-hydrogen) atoms. The van der Waals surface area contributed by atoms with Crippen LogP contribution in [0, 0.1) is 0 Å². The number of nitrogens with zero attached hydrogens (tertiary/aromatic N) is 3. The maximum absolute atomic E-state index is 12.8. The number of rotatable bonds is 6. The van der Waals surface area contributed by atoms with Gasteiger partial charge in [-0.05, 0) is 68.9 Å². The molecule has 4 rings (SSSR count). The van der Waals surface area contributed by atoms with Crippen molar-refractivity contribution in [2.45, 2.75) is 62.0 Å². The van der Waals surface area contributed by atoms with E-state index < -0.39 is 10.0 Å². The molecule has 1 amide bonds. The normalized spacial score (nSPS) is 22.6. The summed E-state index contributed by atoms with van der Waals surface area (Å²) in [7, 11) is -3.49. The monoisotopic (exact) mass is 444 g/mol. The van der Waals surface area contributed by atoms with Crippen LogP contribution in [0.25, 0.3) is 0 Å². The van der Waals surface area contributed by atoms with Gasteiger partial charge in [-0.15, -0.1) is 0 Å². The van der Waals surface area contributed by atoms with Gasteiger partial charge in [0, 0.05) is 37.1 Å². The van der Waals surface area contributed by atoms with E-state index in [1.807, 2.05) is 0 Å². The van der Waals surface area contributed by atoms with E-state index in [1.165, 1.54) is 16.4 Å². The molecule has 1 aliphatic heterocycles. The highest BCUT2D eigenvalue weighted by molar-refractivity contribution is 7.89. The molecule has 1 saturated heterocycles. The summed E-state index contributed by atoms with van der Waals surface area (Å²) in [4.78, 5) is 21.0. The Morgan fingerprint density at radius 3 is 2.26 bits per heavy atom. The lowest BCUT2D eigenvalue weighted by atomic mass is 9.92. The molecular weight excluding hydrogens is 416 g/mol. The zero-order valence-corrected chi connectivity index (χ0v) is 18.3. The topological polar surface area (TPSA) is 101 Å². The summed E-state index contributed by atoms with van der Waals surface area (Å²) in [6.45, 7) is 1.13. The third-order valence-corrected chi connectivity index (χ3v) is 7.81. The van der Waals surface area contributed by atoms with E-state index in [-0.39, 0.29) is 22.9 Å². The lowest BCUT2D eigenvalue weighted by molar-refractivity contribution is 0.0885. The van der Waals surface area contributed by atoms with Gasteiger partial charge in [0.1, 0.15) is 6.10 Å². The molecule has 8 nitrogen and oxygen atoms in total. The first-order valence-corrected chi connectivity index (χ1v) is 12.3. The molecule has 2 fully saturated rings. The van der Waals surface area contributed by atoms with Crippen LogP contribution in [0.1, 0.15) is 55.3 Å². The van der Waals surface area contributed by atoms with Gasteiger partial charge in [-0.3, -0.25) is 4.79 Å². The van der Waals surface area contributed by atoms with Crippen LogP contribution < -0.4 is 10.1 Å². The van der Waals surface area contributed by atoms with Crippen LogP contribution in [-0.2, 0) is 10.0 Å². The highest BCUT2D eigenvalue weighted by Crippen LogP contribution is 2.23. The Morgan fingerprint density at radius 1 is 0.968 bits per heavy atom. The van der Waals surface area contributed by atoms with E-state index in [2.05, 4.69) is 15.3 Å². The molecule has 2 heterocycles. The van der Waals surface area contributed by atoms with E-state index in [0.29, 0.717) is 24.7 Å². The maximum atomic E-state index is 12.8. The van der Waals surface area contributed by atoms with Crippen molar-refractivity contribution in [2.24, 2.45) is 0 Å². The van der Waals surface area contributed by atoms with Gasteiger partial charge in [0.05, 0.1) is 4.90 Å². The third-order valence-electron chi connectivity index (χ3n) is 5.89. The fourth-order valence-corrected chi connectivity index (χ4v) is 5.64. The smallest absolute Gasteiger partial charge is 0.316 e. The number of piperidine rings is 1. The van der Waals surface area contributed by atoms with Crippen molar-refractivity contribution in [3.63, 3.8) is 0 Å². The Hall–Kier alpha value is -2.52. The first kappa shape index (κ1) is 21.7. The fraction of sp³-hybridized carbons (Fsp3) is 0.500. The van der Waals surface area contributed by atoms with Crippen LogP contribution in [0.3, 0.4) is 0 Å². The van der Waals surface area contributed by atoms with Gasteiger partial charge in [0.15, 0.2) is 0 Å². The van der Waals surface area contributed by atoms with Gasteiger partial charge in [0.2, 0.25) is 10.0 Å². The van der Waals surface area contributed by atoms with Gasteiger partial charge in [-0.25, -0.2) is 18.4 Å². The molecule has 0 spiro atoms. The second-order valence-corrected chi connectivity index (χ2v) is 10.0. The Balaban J connectivity index is 1.29. The number of aromatic nitrogens is 2. The Morgan fingerprint density at radius 2 is 1.61 bits per heavy atom. The average Bonchev–Trinajstić information content (AvgIpc) is 2.82. The van der Waals surface area contributed by atoms with E-state index in [0.717, 1.165) is 44.9 Å². The van der Waals surface area contributed by atoms with Crippen molar-refractivity contribution >= 4 is 15.9 Å². The predicted octanol–water partition coefficient (Wildman–Crippen LogP) is 2.77. The summed E-state index contributed by atoms with van der Waals surface area (Å²) >= 11 is 0. The molecule has 0 radical (unpaired) electrons. The summed E-state index contributed by atoms with van der Waals surface area (Å²) < 4.78 is 32.8. The molecule has 2 aromatic rings. The highest BCUT2D eigenvalue weighted by atomic mass is 32.2. The van der Waals surface area contributed by atoms with Crippen LogP contribution in [-0.4, -0.2) is 53.8 Å². The van der Waals surface area contributed by atoms with Crippen molar-refractivity contribution in [1.29, 1.82) is 0 Å². The summed E-state index contributed by atoms with van der Waals surface area (Å²) in [6.07, 6.45) is 9.46. The van der Waals surface area contributed by atoms with Crippen molar-refractivity contribution in [2.75, 3.05) is 13.1 Å². The number of benzene rings is 1. The molecule has 1 N–H and O–H groups in total. The molecule has 166 valence electrons. The van der Waals surface area contributed by atoms with E-state index in [9.17, 15) is 13.2 Å². The minimum absolute atomic E-state index is 0.0508. The SMILES string of the molecule is O=C(NC1CCC(Oc2ncccn2)CC1)c1ccc(S(=O)(=O)N2CCCCC2)cc1.